The molecule has 1 aliphatic carbocycles. The van der Waals surface area contributed by atoms with Crippen LogP contribution in [0.5, 0.6) is 0 Å². The number of aromatic nitrogens is 2. The van der Waals surface area contributed by atoms with Crippen molar-refractivity contribution in [1.82, 2.24) is 9.78 Å². The predicted molar refractivity (Wildman–Crippen MR) is 76.9 cm³/mol. The molecule has 0 amide bonds. The summed E-state index contributed by atoms with van der Waals surface area (Å²) < 4.78 is 64.5. The lowest BCUT2D eigenvalue weighted by Crippen LogP contribution is -2.38. The van der Waals surface area contributed by atoms with Gasteiger partial charge in [0.1, 0.15) is 0 Å². The predicted octanol–water partition coefficient (Wildman–Crippen LogP) is 4.67. The minimum absolute atomic E-state index is 0.0681. The van der Waals surface area contributed by atoms with Gasteiger partial charge in [0.25, 0.3) is 0 Å². The molecule has 1 heterocycles. The summed E-state index contributed by atoms with van der Waals surface area (Å²) in [4.78, 5) is 14.6. The zero-order valence-corrected chi connectivity index (χ0v) is 14.0. The van der Waals surface area contributed by atoms with Crippen molar-refractivity contribution in [3.63, 3.8) is 0 Å². The van der Waals surface area contributed by atoms with Gasteiger partial charge in [0.15, 0.2) is 5.69 Å². The molecule has 0 aromatic carbocycles. The van der Waals surface area contributed by atoms with E-state index in [1.165, 1.54) is 13.8 Å². The second-order valence-corrected chi connectivity index (χ2v) is 5.66. The third kappa shape index (κ3) is 4.24. The van der Waals surface area contributed by atoms with E-state index >= 15 is 0 Å². The fraction of sp³-hybridized carbons (Fsp3) is 0.733. The summed E-state index contributed by atoms with van der Waals surface area (Å²) in [7, 11) is 0. The Labute approximate surface area is 136 Å². The van der Waals surface area contributed by atoms with Crippen LogP contribution in [0.15, 0.2) is 0 Å². The second kappa shape index (κ2) is 7.94. The molecule has 0 saturated heterocycles. The monoisotopic (exact) mass is 356 g/mol. The van der Waals surface area contributed by atoms with Crippen LogP contribution in [0, 0.1) is 12.8 Å². The summed E-state index contributed by atoms with van der Waals surface area (Å²) in [5.41, 5.74) is -0.316. The van der Waals surface area contributed by atoms with Gasteiger partial charge in [-0.1, -0.05) is 20.8 Å². The quantitative estimate of drug-likeness (QED) is 0.720. The lowest BCUT2D eigenvalue weighted by Gasteiger charge is -2.34. The Kier molecular flexibility index (Phi) is 6.74. The van der Waals surface area contributed by atoms with Crippen LogP contribution in [0.3, 0.4) is 0 Å². The minimum atomic E-state index is -2.76. The maximum Gasteiger partial charge on any atom is 0.397 e. The van der Waals surface area contributed by atoms with Crippen molar-refractivity contribution in [3.05, 3.63) is 17.0 Å². The molecule has 1 saturated carbocycles. The van der Waals surface area contributed by atoms with E-state index in [1.54, 1.807) is 0 Å². The summed E-state index contributed by atoms with van der Waals surface area (Å²) >= 11 is 0. The Hall–Kier alpha value is -1.67. The molecule has 1 aliphatic rings. The van der Waals surface area contributed by atoms with Crippen molar-refractivity contribution in [3.8, 4) is 0 Å². The van der Waals surface area contributed by atoms with Crippen molar-refractivity contribution in [2.75, 3.05) is 0 Å². The van der Waals surface area contributed by atoms with Gasteiger partial charge in [0, 0.05) is 29.5 Å². The van der Waals surface area contributed by atoms with E-state index in [2.05, 4.69) is 10.0 Å². The maximum absolute atomic E-state index is 12.9. The number of carbonyl (C=O) groups excluding carboxylic acids is 1. The molecule has 0 N–H and O–H groups in total. The van der Waals surface area contributed by atoms with E-state index in [0.29, 0.717) is 0 Å². The first-order valence-electron chi connectivity index (χ1n) is 7.72. The van der Waals surface area contributed by atoms with Crippen LogP contribution in [0.4, 0.5) is 22.1 Å². The van der Waals surface area contributed by atoms with Crippen molar-refractivity contribution in [2.45, 2.75) is 65.3 Å². The lowest BCUT2D eigenvalue weighted by atomic mass is 9.81. The Morgan fingerprint density at radius 2 is 1.92 bits per heavy atom. The van der Waals surface area contributed by atoms with Gasteiger partial charge in [0.05, 0.1) is 11.6 Å². The zero-order chi connectivity index (χ0) is 18.7. The molecular weight excluding hydrogens is 335 g/mol. The Bertz CT molecular complexity index is 566. The van der Waals surface area contributed by atoms with Crippen LogP contribution in [0.2, 0.25) is 0 Å². The highest BCUT2D eigenvalue weighted by Crippen LogP contribution is 2.43. The number of hydrogen-bond acceptors (Lipinski definition) is 3. The second-order valence-electron chi connectivity index (χ2n) is 5.66. The zero-order valence-electron chi connectivity index (χ0n) is 14.0. The fourth-order valence-corrected chi connectivity index (χ4v) is 2.71. The first-order valence-corrected chi connectivity index (χ1v) is 7.72. The lowest BCUT2D eigenvalue weighted by molar-refractivity contribution is -0.115. The molecule has 138 valence electrons. The molecule has 1 atom stereocenters. The molecule has 0 aliphatic heterocycles. The van der Waals surface area contributed by atoms with E-state index in [4.69, 9.17) is 0 Å². The van der Waals surface area contributed by atoms with Gasteiger partial charge >= 0.3 is 5.97 Å². The summed E-state index contributed by atoms with van der Waals surface area (Å²) in [5, 5.41) is 3.89. The molecule has 24 heavy (non-hydrogen) atoms. The highest BCUT2D eigenvalue weighted by Gasteiger charge is 2.46. The number of halogens is 5. The van der Waals surface area contributed by atoms with Crippen LogP contribution < -0.4 is 0 Å². The van der Waals surface area contributed by atoms with E-state index in [0.717, 1.165) is 4.68 Å². The topological polar surface area (TPSA) is 44.1 Å². The molecule has 1 aromatic heterocycles. The van der Waals surface area contributed by atoms with Gasteiger partial charge < -0.3 is 0 Å². The number of hydrogen-bond donors (Lipinski definition) is 0. The minimum Gasteiger partial charge on any atom is -0.257 e. The number of rotatable bonds is 5. The van der Waals surface area contributed by atoms with Gasteiger partial charge in [0.2, 0.25) is 12.3 Å². The number of nitrogens with zero attached hydrogens (tertiary/aromatic N) is 2. The van der Waals surface area contributed by atoms with Crippen molar-refractivity contribution in [1.29, 1.82) is 0 Å². The molecule has 1 fully saturated rings. The van der Waals surface area contributed by atoms with Crippen molar-refractivity contribution < 1.29 is 31.8 Å². The summed E-state index contributed by atoms with van der Waals surface area (Å²) in [6.45, 7) is 6.49. The summed E-state index contributed by atoms with van der Waals surface area (Å²) in [6, 6.07) is 0. The van der Waals surface area contributed by atoms with E-state index < -0.39 is 30.2 Å². The van der Waals surface area contributed by atoms with Gasteiger partial charge in [-0.15, -0.1) is 0 Å². The normalized spacial score (nSPS) is 17.8. The third-order valence-corrected chi connectivity index (χ3v) is 3.90. The molecule has 0 bridgehead atoms. The summed E-state index contributed by atoms with van der Waals surface area (Å²) in [6.07, 6.45) is -3.48. The largest absolute Gasteiger partial charge is 0.397 e. The van der Waals surface area contributed by atoms with Gasteiger partial charge in [-0.05, 0) is 12.8 Å². The number of carbonyl (C=O) groups is 1. The Morgan fingerprint density at radius 3 is 2.33 bits per heavy atom. The average molecular weight is 356 g/mol. The fourth-order valence-electron chi connectivity index (χ4n) is 2.71. The van der Waals surface area contributed by atoms with E-state index in [-0.39, 0.29) is 36.3 Å². The van der Waals surface area contributed by atoms with Crippen LogP contribution in [-0.4, -0.2) is 28.1 Å². The molecule has 1 unspecified atom stereocenters. The van der Waals surface area contributed by atoms with Crippen LogP contribution in [0.25, 0.3) is 0 Å². The van der Waals surface area contributed by atoms with Gasteiger partial charge in [-0.3, -0.25) is 4.68 Å². The van der Waals surface area contributed by atoms with Crippen molar-refractivity contribution >= 4 is 5.97 Å². The summed E-state index contributed by atoms with van der Waals surface area (Å²) in [5.74, 6) is -5.85. The molecular formula is C15H21F5N2O2. The third-order valence-electron chi connectivity index (χ3n) is 3.90. The highest BCUT2D eigenvalue weighted by atomic mass is 19.3. The molecule has 9 heteroatoms. The van der Waals surface area contributed by atoms with Crippen LogP contribution in [0.1, 0.15) is 61.3 Å². The van der Waals surface area contributed by atoms with Crippen LogP contribution >= 0.6 is 0 Å². The SMILES string of the molecule is CC.Cc1c(C(C)C(F)F)nn(CC2CC(F)(F)C2)c1C(=O)OF. The van der Waals surface area contributed by atoms with Gasteiger partial charge in [-0.2, -0.15) is 5.10 Å². The molecule has 4 nitrogen and oxygen atoms in total. The smallest absolute Gasteiger partial charge is 0.257 e. The Morgan fingerprint density at radius 1 is 1.38 bits per heavy atom. The van der Waals surface area contributed by atoms with E-state index in [1.807, 2.05) is 13.8 Å². The van der Waals surface area contributed by atoms with Crippen molar-refractivity contribution in [2.24, 2.45) is 5.92 Å². The van der Waals surface area contributed by atoms with Gasteiger partial charge in [-0.25, -0.2) is 27.3 Å². The first-order chi connectivity index (χ1) is 11.2. The van der Waals surface area contributed by atoms with E-state index in [9.17, 15) is 26.9 Å². The molecule has 0 radical (unpaired) electrons. The maximum atomic E-state index is 12.9. The Balaban J connectivity index is 0.00000139. The number of alkyl halides is 4. The average Bonchev–Trinajstić information content (AvgIpc) is 2.82. The molecule has 0 spiro atoms. The van der Waals surface area contributed by atoms with Crippen LogP contribution in [-0.2, 0) is 11.5 Å². The molecule has 2 rings (SSSR count). The first kappa shape index (κ1) is 20.4. The highest BCUT2D eigenvalue weighted by molar-refractivity contribution is 5.89. The standard InChI is InChI=1S/C13H15F5N2O2.C2H6/c1-6-9(7(2)11(14)15)19-20(10(6)12(21)22-18)5-8-3-13(16,17)4-8;1-2/h7-8,11H,3-5H2,1-2H3;1-2H3. The molecule has 1 aromatic rings.